The van der Waals surface area contributed by atoms with Crippen molar-refractivity contribution in [1.82, 2.24) is 5.43 Å². The number of aromatic hydroxyl groups is 1. The maximum absolute atomic E-state index is 12.1. The number of phenols is 1. The molecule has 0 bridgehead atoms. The second-order valence-electron chi connectivity index (χ2n) is 4.92. The van der Waals surface area contributed by atoms with Crippen LogP contribution in [0.5, 0.6) is 17.2 Å². The number of benzene rings is 2. The largest absolute Gasteiger partial charge is 0.507 e. The summed E-state index contributed by atoms with van der Waals surface area (Å²) in [5.41, 5.74) is 3.02. The summed E-state index contributed by atoms with van der Waals surface area (Å²) in [7, 11) is 0. The number of hydrogen-bond acceptors (Lipinski definition) is 5. The van der Waals surface area contributed by atoms with E-state index in [1.165, 1.54) is 12.3 Å². The van der Waals surface area contributed by atoms with Crippen LogP contribution in [0.1, 0.15) is 5.56 Å². The molecular formula is C16H12Br2N2O4. The Morgan fingerprint density at radius 2 is 2.00 bits per heavy atom. The Bertz CT molecular complexity index is 811. The first-order chi connectivity index (χ1) is 11.5. The number of amides is 1. The highest BCUT2D eigenvalue weighted by atomic mass is 79.9. The number of rotatable bonds is 3. The van der Waals surface area contributed by atoms with E-state index in [9.17, 15) is 9.90 Å². The van der Waals surface area contributed by atoms with Crippen molar-refractivity contribution in [3.8, 4) is 17.2 Å². The van der Waals surface area contributed by atoms with Gasteiger partial charge in [0.2, 0.25) is 6.10 Å². The maximum atomic E-state index is 12.1. The van der Waals surface area contributed by atoms with Crippen LogP contribution in [0.3, 0.4) is 0 Å². The van der Waals surface area contributed by atoms with E-state index in [2.05, 4.69) is 42.4 Å². The van der Waals surface area contributed by atoms with Gasteiger partial charge >= 0.3 is 0 Å². The van der Waals surface area contributed by atoms with Gasteiger partial charge in [0.15, 0.2) is 11.5 Å². The maximum Gasteiger partial charge on any atom is 0.284 e. The molecule has 0 aromatic heterocycles. The summed E-state index contributed by atoms with van der Waals surface area (Å²) in [5.74, 6) is 0.789. The molecule has 1 aliphatic rings. The van der Waals surface area contributed by atoms with Crippen LogP contribution in [0.25, 0.3) is 0 Å². The molecule has 1 atom stereocenters. The molecule has 0 fully saturated rings. The summed E-state index contributed by atoms with van der Waals surface area (Å²) < 4.78 is 12.4. The number of fused-ring (bicyclic) bond motifs is 1. The molecule has 0 saturated carbocycles. The van der Waals surface area contributed by atoms with Gasteiger partial charge in [-0.15, -0.1) is 0 Å². The summed E-state index contributed by atoms with van der Waals surface area (Å²) in [6.07, 6.45) is 0.644. The van der Waals surface area contributed by atoms with Crippen molar-refractivity contribution in [2.24, 2.45) is 5.10 Å². The van der Waals surface area contributed by atoms with E-state index in [1.807, 2.05) is 6.07 Å². The lowest BCUT2D eigenvalue weighted by atomic mass is 10.2. The first-order valence-corrected chi connectivity index (χ1v) is 8.52. The summed E-state index contributed by atoms with van der Waals surface area (Å²) in [6.45, 7) is 0.112. The smallest absolute Gasteiger partial charge is 0.284 e. The number of carbonyl (C=O) groups excluding carboxylic acids is 1. The third kappa shape index (κ3) is 3.70. The molecule has 0 saturated heterocycles. The van der Waals surface area contributed by atoms with E-state index in [-0.39, 0.29) is 12.4 Å². The van der Waals surface area contributed by atoms with Crippen LogP contribution in [-0.2, 0) is 4.79 Å². The summed E-state index contributed by atoms with van der Waals surface area (Å²) in [5, 5.41) is 13.6. The number of para-hydroxylation sites is 2. The molecule has 0 aliphatic carbocycles. The van der Waals surface area contributed by atoms with Crippen molar-refractivity contribution < 1.29 is 19.4 Å². The van der Waals surface area contributed by atoms with E-state index in [1.54, 1.807) is 24.3 Å². The lowest BCUT2D eigenvalue weighted by molar-refractivity contribution is -0.130. The minimum absolute atomic E-state index is 0.0756. The molecule has 1 heterocycles. The average Bonchev–Trinajstić information content (AvgIpc) is 2.58. The molecule has 24 heavy (non-hydrogen) atoms. The molecule has 3 rings (SSSR count). The second kappa shape index (κ2) is 7.23. The topological polar surface area (TPSA) is 80.2 Å². The molecule has 8 heteroatoms. The van der Waals surface area contributed by atoms with Crippen LogP contribution in [0.2, 0.25) is 0 Å². The van der Waals surface area contributed by atoms with E-state index < -0.39 is 12.0 Å². The van der Waals surface area contributed by atoms with Gasteiger partial charge in [0, 0.05) is 10.0 Å². The number of nitrogens with zero attached hydrogens (tertiary/aromatic N) is 1. The number of hydrogen-bond donors (Lipinski definition) is 2. The van der Waals surface area contributed by atoms with Crippen LogP contribution >= 0.6 is 31.9 Å². The van der Waals surface area contributed by atoms with Crippen LogP contribution in [-0.4, -0.2) is 29.9 Å². The minimum atomic E-state index is -0.779. The fraction of sp³-hybridized carbons (Fsp3) is 0.125. The predicted molar refractivity (Wildman–Crippen MR) is 95.6 cm³/mol. The molecule has 0 radical (unpaired) electrons. The van der Waals surface area contributed by atoms with Crippen LogP contribution in [0.15, 0.2) is 50.4 Å². The third-order valence-electron chi connectivity index (χ3n) is 3.25. The second-order valence-corrected chi connectivity index (χ2v) is 6.63. The van der Waals surface area contributed by atoms with Crippen molar-refractivity contribution in [3.05, 3.63) is 50.9 Å². The van der Waals surface area contributed by atoms with Gasteiger partial charge in [-0.2, -0.15) is 5.10 Å². The number of ether oxygens (including phenoxy) is 2. The van der Waals surface area contributed by atoms with Crippen molar-refractivity contribution in [2.75, 3.05) is 6.61 Å². The number of hydrazone groups is 1. The van der Waals surface area contributed by atoms with Gasteiger partial charge in [-0.3, -0.25) is 4.79 Å². The minimum Gasteiger partial charge on any atom is -0.507 e. The van der Waals surface area contributed by atoms with Gasteiger partial charge in [0.05, 0.1) is 10.7 Å². The number of nitrogens with one attached hydrogen (secondary N) is 1. The first-order valence-electron chi connectivity index (χ1n) is 6.94. The number of halogens is 2. The Balaban J connectivity index is 1.63. The molecule has 2 N–H and O–H groups in total. The van der Waals surface area contributed by atoms with E-state index in [4.69, 9.17) is 9.47 Å². The molecule has 124 valence electrons. The van der Waals surface area contributed by atoms with Gasteiger partial charge in [-0.05, 0) is 40.2 Å². The summed E-state index contributed by atoms with van der Waals surface area (Å²) >= 11 is 6.57. The Kier molecular flexibility index (Phi) is 5.06. The van der Waals surface area contributed by atoms with Crippen LogP contribution in [0.4, 0.5) is 0 Å². The quantitative estimate of drug-likeness (QED) is 0.550. The summed E-state index contributed by atoms with van der Waals surface area (Å²) in [6, 6.07) is 10.4. The molecule has 1 unspecified atom stereocenters. The highest BCUT2D eigenvalue weighted by Crippen LogP contribution is 2.31. The Morgan fingerprint density at radius 1 is 1.25 bits per heavy atom. The standard InChI is InChI=1S/C16H12Br2N2O4/c17-10-6-11(18)12(21)5-9(10)7-19-20-16(22)15-8-23-13-3-1-2-4-14(13)24-15/h1-7,15,21H,8H2,(H,20,22)/b19-7+. The lowest BCUT2D eigenvalue weighted by Crippen LogP contribution is -2.42. The Hall–Kier alpha value is -2.06. The molecule has 0 spiro atoms. The molecule has 6 nitrogen and oxygen atoms in total. The third-order valence-corrected chi connectivity index (χ3v) is 4.57. The van der Waals surface area contributed by atoms with Gasteiger partial charge < -0.3 is 14.6 Å². The van der Waals surface area contributed by atoms with E-state index in [0.29, 0.717) is 21.5 Å². The Labute approximate surface area is 154 Å². The van der Waals surface area contributed by atoms with Gasteiger partial charge in [-0.25, -0.2) is 5.43 Å². The van der Waals surface area contributed by atoms with Gasteiger partial charge in [-0.1, -0.05) is 28.1 Å². The molecule has 2 aromatic carbocycles. The molecular weight excluding hydrogens is 444 g/mol. The highest BCUT2D eigenvalue weighted by molar-refractivity contribution is 9.11. The summed E-state index contributed by atoms with van der Waals surface area (Å²) in [4.78, 5) is 12.1. The molecule has 1 aliphatic heterocycles. The van der Waals surface area contributed by atoms with Gasteiger partial charge in [0.25, 0.3) is 5.91 Å². The predicted octanol–water partition coefficient (Wildman–Crippen LogP) is 3.21. The zero-order valence-corrected chi connectivity index (χ0v) is 15.4. The normalized spacial score (nSPS) is 16.2. The van der Waals surface area contributed by atoms with E-state index >= 15 is 0 Å². The SMILES string of the molecule is O=C(N/N=C/c1cc(O)c(Br)cc1Br)C1COc2ccccc2O1. The van der Waals surface area contributed by atoms with Crippen molar-refractivity contribution in [3.63, 3.8) is 0 Å². The lowest BCUT2D eigenvalue weighted by Gasteiger charge is -2.24. The monoisotopic (exact) mass is 454 g/mol. The average molecular weight is 456 g/mol. The molecule has 2 aromatic rings. The highest BCUT2D eigenvalue weighted by Gasteiger charge is 2.26. The van der Waals surface area contributed by atoms with Crippen molar-refractivity contribution in [1.29, 1.82) is 0 Å². The molecule has 1 amide bonds. The van der Waals surface area contributed by atoms with Crippen LogP contribution in [0, 0.1) is 0 Å². The van der Waals surface area contributed by atoms with Crippen molar-refractivity contribution in [2.45, 2.75) is 6.10 Å². The van der Waals surface area contributed by atoms with Gasteiger partial charge in [0.1, 0.15) is 12.4 Å². The first kappa shape index (κ1) is 16.8. The number of phenolic OH excluding ortho intramolecular Hbond substituents is 1. The zero-order valence-electron chi connectivity index (χ0n) is 12.2. The fourth-order valence-electron chi connectivity index (χ4n) is 2.04. The van der Waals surface area contributed by atoms with Crippen LogP contribution < -0.4 is 14.9 Å². The fourth-order valence-corrected chi connectivity index (χ4v) is 3.14. The zero-order chi connectivity index (χ0) is 17.1. The Morgan fingerprint density at radius 3 is 2.79 bits per heavy atom. The van der Waals surface area contributed by atoms with Crippen molar-refractivity contribution >= 4 is 44.0 Å². The number of carbonyl (C=O) groups is 1. The van der Waals surface area contributed by atoms with E-state index in [0.717, 1.165) is 4.47 Å².